The number of nitrogens with one attached hydrogen (secondary N) is 2. The molecule has 2 rings (SSSR count). The summed E-state index contributed by atoms with van der Waals surface area (Å²) < 4.78 is 0. The second-order valence-electron chi connectivity index (χ2n) is 6.02. The van der Waals surface area contributed by atoms with Crippen LogP contribution in [-0.4, -0.2) is 25.0 Å². The van der Waals surface area contributed by atoms with E-state index in [1.807, 2.05) is 0 Å². The van der Waals surface area contributed by atoms with E-state index in [2.05, 4.69) is 10.6 Å². The van der Waals surface area contributed by atoms with E-state index in [1.54, 1.807) is 0 Å². The van der Waals surface area contributed by atoms with E-state index >= 15 is 0 Å². The van der Waals surface area contributed by atoms with Crippen molar-refractivity contribution in [3.63, 3.8) is 0 Å². The molecule has 0 spiro atoms. The molecule has 2 fully saturated rings. The van der Waals surface area contributed by atoms with Gasteiger partial charge in [0.2, 0.25) is 5.91 Å². The SMILES string of the molecule is O=C(CNCCC1CCCCC1)NC1CCCC1. The van der Waals surface area contributed by atoms with Crippen LogP contribution in [0.3, 0.4) is 0 Å². The highest BCUT2D eigenvalue weighted by Gasteiger charge is 2.17. The first kappa shape index (κ1) is 13.9. The lowest BCUT2D eigenvalue weighted by molar-refractivity contribution is -0.120. The summed E-state index contributed by atoms with van der Waals surface area (Å²) in [6.45, 7) is 1.51. The summed E-state index contributed by atoms with van der Waals surface area (Å²) in [5.41, 5.74) is 0. The third kappa shape index (κ3) is 4.97. The van der Waals surface area contributed by atoms with Crippen molar-refractivity contribution in [2.24, 2.45) is 5.92 Å². The van der Waals surface area contributed by atoms with Crippen molar-refractivity contribution in [2.75, 3.05) is 13.1 Å². The lowest BCUT2D eigenvalue weighted by Crippen LogP contribution is -2.39. The zero-order valence-electron chi connectivity index (χ0n) is 11.5. The molecule has 104 valence electrons. The number of hydrogen-bond acceptors (Lipinski definition) is 2. The quantitative estimate of drug-likeness (QED) is 0.713. The Morgan fingerprint density at radius 3 is 2.33 bits per heavy atom. The number of amides is 1. The molecule has 0 aromatic rings. The molecule has 2 aliphatic carbocycles. The van der Waals surface area contributed by atoms with E-state index in [4.69, 9.17) is 0 Å². The molecule has 0 saturated heterocycles. The largest absolute Gasteiger partial charge is 0.352 e. The molecule has 0 unspecified atom stereocenters. The van der Waals surface area contributed by atoms with Gasteiger partial charge in [-0.05, 0) is 31.7 Å². The van der Waals surface area contributed by atoms with Crippen LogP contribution in [0.25, 0.3) is 0 Å². The first-order valence-electron chi connectivity index (χ1n) is 7.84. The molecule has 2 aliphatic rings. The first-order valence-corrected chi connectivity index (χ1v) is 7.84. The molecule has 3 heteroatoms. The number of carbonyl (C=O) groups excluding carboxylic acids is 1. The Balaban J connectivity index is 1.47. The summed E-state index contributed by atoms with van der Waals surface area (Å²) in [6.07, 6.45) is 13.2. The lowest BCUT2D eigenvalue weighted by atomic mass is 9.87. The van der Waals surface area contributed by atoms with Crippen molar-refractivity contribution >= 4 is 5.91 Å². The van der Waals surface area contributed by atoms with Gasteiger partial charge in [-0.15, -0.1) is 0 Å². The number of rotatable bonds is 6. The van der Waals surface area contributed by atoms with E-state index in [0.29, 0.717) is 12.6 Å². The second-order valence-corrected chi connectivity index (χ2v) is 6.02. The Bertz CT molecular complexity index is 243. The fourth-order valence-corrected chi connectivity index (χ4v) is 3.33. The van der Waals surface area contributed by atoms with Crippen LogP contribution in [0.5, 0.6) is 0 Å². The zero-order chi connectivity index (χ0) is 12.6. The molecule has 0 aromatic carbocycles. The van der Waals surface area contributed by atoms with Crippen molar-refractivity contribution in [1.82, 2.24) is 10.6 Å². The molecule has 18 heavy (non-hydrogen) atoms. The van der Waals surface area contributed by atoms with Crippen molar-refractivity contribution in [3.05, 3.63) is 0 Å². The molecule has 0 aliphatic heterocycles. The van der Waals surface area contributed by atoms with Gasteiger partial charge in [0.05, 0.1) is 6.54 Å². The minimum Gasteiger partial charge on any atom is -0.352 e. The monoisotopic (exact) mass is 252 g/mol. The number of hydrogen-bond donors (Lipinski definition) is 2. The van der Waals surface area contributed by atoms with Crippen LogP contribution in [0.4, 0.5) is 0 Å². The highest BCUT2D eigenvalue weighted by Crippen LogP contribution is 2.25. The molecule has 3 nitrogen and oxygen atoms in total. The predicted octanol–water partition coefficient (Wildman–Crippen LogP) is 2.61. The van der Waals surface area contributed by atoms with Crippen LogP contribution >= 0.6 is 0 Å². The Hall–Kier alpha value is -0.570. The van der Waals surface area contributed by atoms with E-state index in [1.165, 1.54) is 64.2 Å². The topological polar surface area (TPSA) is 41.1 Å². The first-order chi connectivity index (χ1) is 8.84. The third-order valence-corrected chi connectivity index (χ3v) is 4.46. The van der Waals surface area contributed by atoms with Crippen molar-refractivity contribution in [2.45, 2.75) is 70.3 Å². The van der Waals surface area contributed by atoms with Gasteiger partial charge >= 0.3 is 0 Å². The summed E-state index contributed by atoms with van der Waals surface area (Å²) in [6, 6.07) is 0.456. The van der Waals surface area contributed by atoms with Crippen molar-refractivity contribution in [1.29, 1.82) is 0 Å². The fraction of sp³-hybridized carbons (Fsp3) is 0.933. The van der Waals surface area contributed by atoms with Gasteiger partial charge in [-0.1, -0.05) is 44.9 Å². The van der Waals surface area contributed by atoms with E-state index < -0.39 is 0 Å². The Morgan fingerprint density at radius 1 is 0.944 bits per heavy atom. The Morgan fingerprint density at radius 2 is 1.61 bits per heavy atom. The predicted molar refractivity (Wildman–Crippen MR) is 74.5 cm³/mol. The molecule has 0 atom stereocenters. The van der Waals surface area contributed by atoms with Gasteiger partial charge in [-0.25, -0.2) is 0 Å². The summed E-state index contributed by atoms with van der Waals surface area (Å²) in [5.74, 6) is 1.09. The van der Waals surface area contributed by atoms with Crippen LogP contribution in [-0.2, 0) is 4.79 Å². The summed E-state index contributed by atoms with van der Waals surface area (Å²) >= 11 is 0. The van der Waals surface area contributed by atoms with Crippen LogP contribution in [0, 0.1) is 5.92 Å². The molecule has 0 radical (unpaired) electrons. The molecule has 2 saturated carbocycles. The average Bonchev–Trinajstić information content (AvgIpc) is 2.89. The van der Waals surface area contributed by atoms with Crippen LogP contribution in [0.1, 0.15) is 64.2 Å². The standard InChI is InChI=1S/C15H28N2O/c18-15(17-14-8-4-5-9-14)12-16-11-10-13-6-2-1-3-7-13/h13-14,16H,1-12H2,(H,17,18). The summed E-state index contributed by atoms with van der Waals surface area (Å²) in [4.78, 5) is 11.7. The minimum atomic E-state index is 0.186. The summed E-state index contributed by atoms with van der Waals surface area (Å²) in [7, 11) is 0. The van der Waals surface area contributed by atoms with Gasteiger partial charge in [-0.3, -0.25) is 4.79 Å². The lowest BCUT2D eigenvalue weighted by Gasteiger charge is -2.21. The molecular formula is C15H28N2O. The van der Waals surface area contributed by atoms with Gasteiger partial charge in [0, 0.05) is 6.04 Å². The highest BCUT2D eigenvalue weighted by atomic mass is 16.1. The molecule has 2 N–H and O–H groups in total. The van der Waals surface area contributed by atoms with Gasteiger partial charge in [0.25, 0.3) is 0 Å². The molecule has 0 aromatic heterocycles. The molecular weight excluding hydrogens is 224 g/mol. The maximum atomic E-state index is 11.7. The Labute approximate surface area is 111 Å². The van der Waals surface area contributed by atoms with Gasteiger partial charge < -0.3 is 10.6 Å². The zero-order valence-corrected chi connectivity index (χ0v) is 11.5. The van der Waals surface area contributed by atoms with E-state index in [9.17, 15) is 4.79 Å². The molecule has 0 bridgehead atoms. The highest BCUT2D eigenvalue weighted by molar-refractivity contribution is 5.78. The van der Waals surface area contributed by atoms with Crippen LogP contribution in [0.15, 0.2) is 0 Å². The minimum absolute atomic E-state index is 0.186. The van der Waals surface area contributed by atoms with Crippen molar-refractivity contribution < 1.29 is 4.79 Å². The molecule has 1 amide bonds. The smallest absolute Gasteiger partial charge is 0.234 e. The Kier molecular flexibility index (Phi) is 5.98. The van der Waals surface area contributed by atoms with Crippen LogP contribution < -0.4 is 10.6 Å². The fourth-order valence-electron chi connectivity index (χ4n) is 3.33. The molecule has 0 heterocycles. The van der Waals surface area contributed by atoms with E-state index in [0.717, 1.165) is 12.5 Å². The van der Waals surface area contributed by atoms with Crippen LogP contribution in [0.2, 0.25) is 0 Å². The van der Waals surface area contributed by atoms with E-state index in [-0.39, 0.29) is 5.91 Å². The average molecular weight is 252 g/mol. The third-order valence-electron chi connectivity index (χ3n) is 4.46. The van der Waals surface area contributed by atoms with Crippen molar-refractivity contribution in [3.8, 4) is 0 Å². The summed E-state index contributed by atoms with van der Waals surface area (Å²) in [5, 5.41) is 6.41. The maximum absolute atomic E-state index is 11.7. The van der Waals surface area contributed by atoms with Gasteiger partial charge in [0.1, 0.15) is 0 Å². The normalized spacial score (nSPS) is 22.2. The van der Waals surface area contributed by atoms with Gasteiger partial charge in [-0.2, -0.15) is 0 Å². The van der Waals surface area contributed by atoms with Gasteiger partial charge in [0.15, 0.2) is 0 Å². The maximum Gasteiger partial charge on any atom is 0.234 e. The second kappa shape index (κ2) is 7.78. The number of carbonyl (C=O) groups is 1.